The Kier molecular flexibility index (Phi) is 9.39. The van der Waals surface area contributed by atoms with E-state index in [1.165, 1.54) is 5.06 Å². The van der Waals surface area contributed by atoms with E-state index in [9.17, 15) is 5.21 Å². The number of hydrogen-bond acceptors (Lipinski definition) is 4. The van der Waals surface area contributed by atoms with E-state index in [0.717, 1.165) is 39.2 Å². The fourth-order valence-electron chi connectivity index (χ4n) is 2.26. The molecule has 0 aromatic rings. The van der Waals surface area contributed by atoms with E-state index in [0.29, 0.717) is 6.54 Å². The van der Waals surface area contributed by atoms with Crippen LogP contribution in [0.25, 0.3) is 5.32 Å². The SMILES string of the molecule is CCN1CCOC2(CCN(O)C2)C1.C[N-]C.[Y]. The second kappa shape index (κ2) is 8.91. The fourth-order valence-corrected chi connectivity index (χ4v) is 2.26. The molecule has 0 amide bonds. The van der Waals surface area contributed by atoms with Crippen LogP contribution in [0.1, 0.15) is 13.3 Å². The molecule has 2 rings (SSSR count). The van der Waals surface area contributed by atoms with Crippen molar-refractivity contribution < 1.29 is 42.7 Å². The van der Waals surface area contributed by atoms with Gasteiger partial charge in [0.05, 0.1) is 18.8 Å². The van der Waals surface area contributed by atoms with Crippen LogP contribution in [0.4, 0.5) is 0 Å². The smallest absolute Gasteiger partial charge is 0.0971 e. The van der Waals surface area contributed by atoms with Crippen molar-refractivity contribution >= 4 is 0 Å². The third-order valence-corrected chi connectivity index (χ3v) is 3.07. The van der Waals surface area contributed by atoms with Gasteiger partial charge in [0.1, 0.15) is 0 Å². The Morgan fingerprint density at radius 2 is 1.94 bits per heavy atom. The van der Waals surface area contributed by atoms with Gasteiger partial charge in [-0.2, -0.15) is 19.2 Å². The summed E-state index contributed by atoms with van der Waals surface area (Å²) in [5.74, 6) is 0. The minimum Gasteiger partial charge on any atom is -0.668 e. The van der Waals surface area contributed by atoms with Gasteiger partial charge in [0.25, 0.3) is 0 Å². The van der Waals surface area contributed by atoms with Gasteiger partial charge in [0.2, 0.25) is 0 Å². The number of nitrogens with zero attached hydrogens (tertiary/aromatic N) is 3. The molecule has 1 unspecified atom stereocenters. The van der Waals surface area contributed by atoms with E-state index in [-0.39, 0.29) is 38.3 Å². The molecule has 0 bridgehead atoms. The number of morpholine rings is 1. The first-order valence-corrected chi connectivity index (χ1v) is 5.94. The van der Waals surface area contributed by atoms with E-state index in [1.54, 1.807) is 14.1 Å². The van der Waals surface area contributed by atoms with Gasteiger partial charge < -0.3 is 15.3 Å². The minimum atomic E-state index is -0.0803. The third-order valence-electron chi connectivity index (χ3n) is 3.07. The summed E-state index contributed by atoms with van der Waals surface area (Å²) in [6, 6.07) is 0. The van der Waals surface area contributed by atoms with Crippen molar-refractivity contribution in [2.75, 3.05) is 53.4 Å². The fraction of sp³-hybridized carbons (Fsp3) is 1.00. The molecule has 1 N–H and O–H groups in total. The zero-order chi connectivity index (χ0) is 12.0. The molecular weight excluding hydrogens is 295 g/mol. The predicted octanol–water partition coefficient (Wildman–Crippen LogP) is 0.789. The van der Waals surface area contributed by atoms with Crippen LogP contribution in [0.2, 0.25) is 0 Å². The van der Waals surface area contributed by atoms with Crippen LogP contribution in [0.3, 0.4) is 0 Å². The Labute approximate surface area is 130 Å². The Morgan fingerprint density at radius 1 is 1.29 bits per heavy atom. The second-order valence-electron chi connectivity index (χ2n) is 4.49. The molecule has 99 valence electrons. The van der Waals surface area contributed by atoms with Crippen LogP contribution < -0.4 is 0 Å². The molecule has 2 heterocycles. The first-order chi connectivity index (χ1) is 7.65. The molecule has 1 spiro atoms. The molecular formula is C11H24N3O2Y-. The van der Waals surface area contributed by atoms with Gasteiger partial charge in [0.15, 0.2) is 0 Å². The van der Waals surface area contributed by atoms with Gasteiger partial charge >= 0.3 is 0 Å². The van der Waals surface area contributed by atoms with E-state index >= 15 is 0 Å². The summed E-state index contributed by atoms with van der Waals surface area (Å²) in [5, 5.41) is 14.2. The number of likely N-dealkylation sites (N-methyl/N-ethyl adjacent to an activating group) is 1. The van der Waals surface area contributed by atoms with Crippen LogP contribution in [0.5, 0.6) is 0 Å². The van der Waals surface area contributed by atoms with E-state index in [4.69, 9.17) is 4.74 Å². The van der Waals surface area contributed by atoms with Crippen LogP contribution in [-0.4, -0.2) is 74.2 Å². The van der Waals surface area contributed by atoms with E-state index < -0.39 is 0 Å². The predicted molar refractivity (Wildman–Crippen MR) is 64.0 cm³/mol. The molecule has 2 aliphatic rings. The molecule has 17 heavy (non-hydrogen) atoms. The van der Waals surface area contributed by atoms with E-state index in [1.807, 2.05) is 0 Å². The van der Waals surface area contributed by atoms with Gasteiger partial charge in [0, 0.05) is 52.3 Å². The van der Waals surface area contributed by atoms with Gasteiger partial charge in [-0.15, -0.1) is 0 Å². The summed E-state index contributed by atoms with van der Waals surface area (Å²) >= 11 is 0. The summed E-state index contributed by atoms with van der Waals surface area (Å²) in [4.78, 5) is 2.39. The first kappa shape index (κ1) is 17.9. The maximum absolute atomic E-state index is 9.34. The van der Waals surface area contributed by atoms with Crippen LogP contribution in [0.15, 0.2) is 0 Å². The summed E-state index contributed by atoms with van der Waals surface area (Å²) in [6.07, 6.45) is 0.958. The average molecular weight is 319 g/mol. The number of hydroxylamine groups is 2. The first-order valence-electron chi connectivity index (χ1n) is 5.94. The molecule has 5 nitrogen and oxygen atoms in total. The van der Waals surface area contributed by atoms with Crippen molar-refractivity contribution in [1.82, 2.24) is 9.96 Å². The normalized spacial score (nSPS) is 29.6. The number of hydrogen-bond donors (Lipinski definition) is 1. The number of ether oxygens (including phenoxy) is 1. The summed E-state index contributed by atoms with van der Waals surface area (Å²) < 4.78 is 5.79. The second-order valence-corrected chi connectivity index (χ2v) is 4.49. The van der Waals surface area contributed by atoms with Crippen molar-refractivity contribution in [2.24, 2.45) is 0 Å². The molecule has 2 saturated heterocycles. The molecule has 0 aliphatic carbocycles. The molecule has 1 radical (unpaired) electrons. The topological polar surface area (TPSA) is 50.0 Å². The molecule has 2 aliphatic heterocycles. The van der Waals surface area contributed by atoms with Gasteiger partial charge in [-0.25, -0.2) is 0 Å². The Morgan fingerprint density at radius 3 is 2.41 bits per heavy atom. The molecule has 0 aromatic carbocycles. The zero-order valence-electron chi connectivity index (χ0n) is 11.2. The Hall–Kier alpha value is 0.904. The zero-order valence-corrected chi connectivity index (χ0v) is 14.1. The summed E-state index contributed by atoms with van der Waals surface area (Å²) in [7, 11) is 3.50. The van der Waals surface area contributed by atoms with Crippen molar-refractivity contribution in [2.45, 2.75) is 18.9 Å². The standard InChI is InChI=1S/C9H18N2O2.C2H6N.Y/c1-2-10-5-6-13-9(7-10)3-4-11(12)8-9;1-3-2;/h12H,2-8H2,1H3;1-2H3;/q;-1;. The molecule has 0 saturated carbocycles. The van der Waals surface area contributed by atoms with Gasteiger partial charge in [-0.05, 0) is 13.0 Å². The number of rotatable bonds is 1. The Balaban J connectivity index is 0.000000583. The van der Waals surface area contributed by atoms with Crippen molar-refractivity contribution in [3.05, 3.63) is 5.32 Å². The van der Waals surface area contributed by atoms with Crippen molar-refractivity contribution in [1.29, 1.82) is 0 Å². The third kappa shape index (κ3) is 5.60. The van der Waals surface area contributed by atoms with Crippen LogP contribution >= 0.6 is 0 Å². The van der Waals surface area contributed by atoms with Gasteiger partial charge in [-0.3, -0.25) is 4.90 Å². The summed E-state index contributed by atoms with van der Waals surface area (Å²) in [5.41, 5.74) is -0.0803. The molecule has 2 fully saturated rings. The van der Waals surface area contributed by atoms with E-state index in [2.05, 4.69) is 17.1 Å². The maximum atomic E-state index is 9.34. The monoisotopic (exact) mass is 319 g/mol. The summed E-state index contributed by atoms with van der Waals surface area (Å²) in [6.45, 7) is 7.48. The Bertz CT molecular complexity index is 205. The average Bonchev–Trinajstić information content (AvgIpc) is 2.61. The van der Waals surface area contributed by atoms with Crippen molar-refractivity contribution in [3.8, 4) is 0 Å². The molecule has 1 atom stereocenters. The largest absolute Gasteiger partial charge is 0.668 e. The quantitative estimate of drug-likeness (QED) is 0.776. The van der Waals surface area contributed by atoms with Gasteiger partial charge in [-0.1, -0.05) is 6.92 Å². The maximum Gasteiger partial charge on any atom is 0.0971 e. The van der Waals surface area contributed by atoms with Crippen molar-refractivity contribution in [3.63, 3.8) is 0 Å². The van der Waals surface area contributed by atoms with Crippen LogP contribution in [0, 0.1) is 0 Å². The van der Waals surface area contributed by atoms with Crippen LogP contribution in [-0.2, 0) is 37.4 Å². The molecule has 0 aromatic heterocycles. The molecule has 6 heteroatoms. The minimum absolute atomic E-state index is 0.